The molecule has 3 fully saturated rings. The molecule has 16 heavy (non-hydrogen) atoms. The number of fused-ring (bicyclic) bond motifs is 2. The molecule has 1 amide bonds. The maximum absolute atomic E-state index is 11.9. The van der Waals surface area contributed by atoms with Crippen LogP contribution in [0.3, 0.4) is 0 Å². The normalized spacial score (nSPS) is 44.4. The lowest BCUT2D eigenvalue weighted by molar-refractivity contribution is -0.131. The van der Waals surface area contributed by atoms with Gasteiger partial charge in [-0.1, -0.05) is 6.42 Å². The Kier molecular flexibility index (Phi) is 2.46. The molecule has 3 aliphatic rings. The minimum atomic E-state index is 0.238. The van der Waals surface area contributed by atoms with Gasteiger partial charge in [0.15, 0.2) is 0 Å². The molecule has 2 aliphatic carbocycles. The number of amides is 1. The highest BCUT2D eigenvalue weighted by Gasteiger charge is 2.45. The smallest absolute Gasteiger partial charge is 0.238 e. The third-order valence-electron chi connectivity index (χ3n) is 5.11. The van der Waals surface area contributed by atoms with E-state index in [1.165, 1.54) is 25.7 Å². The van der Waals surface area contributed by atoms with Gasteiger partial charge in [0.25, 0.3) is 0 Å². The van der Waals surface area contributed by atoms with Gasteiger partial charge in [-0.2, -0.15) is 0 Å². The molecule has 3 nitrogen and oxygen atoms in total. The van der Waals surface area contributed by atoms with Crippen LogP contribution < -0.4 is 5.32 Å². The van der Waals surface area contributed by atoms with Crippen LogP contribution >= 0.6 is 0 Å². The number of carbonyl (C=O) groups excluding carboxylic acids is 1. The first-order valence-corrected chi connectivity index (χ1v) is 6.71. The van der Waals surface area contributed by atoms with Crippen molar-refractivity contribution in [2.24, 2.45) is 17.8 Å². The zero-order valence-corrected chi connectivity index (χ0v) is 10.3. The van der Waals surface area contributed by atoms with E-state index in [0.717, 1.165) is 17.8 Å². The molecule has 0 aromatic carbocycles. The fourth-order valence-corrected chi connectivity index (χ4v) is 4.31. The molecule has 0 spiro atoms. The largest absolute Gasteiger partial charge is 0.323 e. The van der Waals surface area contributed by atoms with E-state index < -0.39 is 0 Å². The van der Waals surface area contributed by atoms with Gasteiger partial charge in [-0.25, -0.2) is 0 Å². The second kappa shape index (κ2) is 3.73. The third kappa shape index (κ3) is 1.48. The van der Waals surface area contributed by atoms with Gasteiger partial charge >= 0.3 is 0 Å². The lowest BCUT2D eigenvalue weighted by Gasteiger charge is -2.36. The highest BCUT2D eigenvalue weighted by atomic mass is 16.2. The Balaban J connectivity index is 1.73. The fourth-order valence-electron chi connectivity index (χ4n) is 4.31. The summed E-state index contributed by atoms with van der Waals surface area (Å²) in [6.45, 7) is 4.90. The topological polar surface area (TPSA) is 32.3 Å². The van der Waals surface area contributed by atoms with Crippen molar-refractivity contribution in [3.8, 4) is 0 Å². The summed E-state index contributed by atoms with van der Waals surface area (Å²) in [4.78, 5) is 13.9. The number of nitrogens with zero attached hydrogens (tertiary/aromatic N) is 1. The van der Waals surface area contributed by atoms with Crippen molar-refractivity contribution in [2.75, 3.05) is 6.54 Å². The number of hydrogen-bond acceptors (Lipinski definition) is 2. The predicted octanol–water partition coefficient (Wildman–Crippen LogP) is 1.59. The monoisotopic (exact) mass is 222 g/mol. The molecular formula is C13H22N2O. The van der Waals surface area contributed by atoms with Crippen molar-refractivity contribution in [3.63, 3.8) is 0 Å². The summed E-state index contributed by atoms with van der Waals surface area (Å²) in [5.41, 5.74) is 0. The first-order valence-electron chi connectivity index (χ1n) is 6.71. The first kappa shape index (κ1) is 10.6. The van der Waals surface area contributed by atoms with Gasteiger partial charge in [-0.3, -0.25) is 10.1 Å². The van der Waals surface area contributed by atoms with Crippen molar-refractivity contribution >= 4 is 5.91 Å². The summed E-state index contributed by atoms with van der Waals surface area (Å²) in [5.74, 6) is 2.94. The van der Waals surface area contributed by atoms with Crippen molar-refractivity contribution < 1.29 is 4.79 Å². The van der Waals surface area contributed by atoms with Crippen molar-refractivity contribution in [3.05, 3.63) is 0 Å². The van der Waals surface area contributed by atoms with E-state index >= 15 is 0 Å². The van der Waals surface area contributed by atoms with E-state index in [2.05, 4.69) is 24.1 Å². The summed E-state index contributed by atoms with van der Waals surface area (Å²) in [7, 11) is 0. The van der Waals surface area contributed by atoms with Crippen LogP contribution in [0.15, 0.2) is 0 Å². The van der Waals surface area contributed by atoms with Crippen LogP contribution in [0.5, 0.6) is 0 Å². The van der Waals surface area contributed by atoms with Crippen LogP contribution in [0.1, 0.15) is 39.5 Å². The zero-order chi connectivity index (χ0) is 11.3. The average Bonchev–Trinajstić information content (AvgIpc) is 2.93. The molecule has 5 atom stereocenters. The van der Waals surface area contributed by atoms with Crippen LogP contribution in [-0.4, -0.2) is 29.6 Å². The molecule has 90 valence electrons. The van der Waals surface area contributed by atoms with Crippen LogP contribution in [-0.2, 0) is 4.79 Å². The van der Waals surface area contributed by atoms with Crippen LogP contribution in [0.25, 0.3) is 0 Å². The molecule has 2 bridgehead atoms. The second-order valence-corrected chi connectivity index (χ2v) is 5.94. The Bertz CT molecular complexity index is 304. The van der Waals surface area contributed by atoms with E-state index in [-0.39, 0.29) is 6.17 Å². The lowest BCUT2D eigenvalue weighted by atomic mass is 9.83. The molecule has 0 aromatic heterocycles. The van der Waals surface area contributed by atoms with E-state index in [9.17, 15) is 4.79 Å². The number of rotatable bonds is 2. The zero-order valence-electron chi connectivity index (χ0n) is 10.3. The SMILES string of the molecule is CC1NCC(=O)N1C(C)C1CC2CCC1C2. The highest BCUT2D eigenvalue weighted by molar-refractivity contribution is 5.80. The van der Waals surface area contributed by atoms with E-state index in [0.29, 0.717) is 18.5 Å². The minimum Gasteiger partial charge on any atom is -0.323 e. The van der Waals surface area contributed by atoms with E-state index in [4.69, 9.17) is 0 Å². The van der Waals surface area contributed by atoms with E-state index in [1.54, 1.807) is 0 Å². The molecule has 0 aromatic rings. The molecule has 3 heteroatoms. The van der Waals surface area contributed by atoms with Gasteiger partial charge in [0, 0.05) is 6.04 Å². The summed E-state index contributed by atoms with van der Waals surface area (Å²) in [6.07, 6.45) is 5.88. The van der Waals surface area contributed by atoms with Gasteiger partial charge in [0.05, 0.1) is 12.7 Å². The summed E-state index contributed by atoms with van der Waals surface area (Å²) < 4.78 is 0. The maximum Gasteiger partial charge on any atom is 0.238 e. The van der Waals surface area contributed by atoms with Crippen molar-refractivity contribution in [1.29, 1.82) is 0 Å². The molecule has 1 heterocycles. The molecule has 2 saturated carbocycles. The van der Waals surface area contributed by atoms with Crippen LogP contribution in [0, 0.1) is 17.8 Å². The second-order valence-electron chi connectivity index (χ2n) is 5.94. The van der Waals surface area contributed by atoms with Gasteiger partial charge in [-0.15, -0.1) is 0 Å². The number of nitrogens with one attached hydrogen (secondary N) is 1. The number of carbonyl (C=O) groups is 1. The van der Waals surface area contributed by atoms with Gasteiger partial charge in [0.1, 0.15) is 0 Å². The van der Waals surface area contributed by atoms with Crippen LogP contribution in [0.4, 0.5) is 0 Å². The van der Waals surface area contributed by atoms with Gasteiger partial charge in [-0.05, 0) is 50.9 Å². The molecule has 1 aliphatic heterocycles. The predicted molar refractivity (Wildman–Crippen MR) is 62.7 cm³/mol. The molecule has 0 radical (unpaired) electrons. The molecular weight excluding hydrogens is 200 g/mol. The Morgan fingerprint density at radius 3 is 2.69 bits per heavy atom. The van der Waals surface area contributed by atoms with Gasteiger partial charge in [0.2, 0.25) is 5.91 Å². The van der Waals surface area contributed by atoms with Crippen molar-refractivity contribution in [1.82, 2.24) is 10.2 Å². The van der Waals surface area contributed by atoms with Crippen LogP contribution in [0.2, 0.25) is 0 Å². The van der Waals surface area contributed by atoms with E-state index in [1.807, 2.05) is 0 Å². The molecule has 5 unspecified atom stereocenters. The Morgan fingerprint density at radius 2 is 2.19 bits per heavy atom. The Morgan fingerprint density at radius 1 is 1.38 bits per heavy atom. The summed E-state index contributed by atoms with van der Waals surface area (Å²) >= 11 is 0. The average molecular weight is 222 g/mol. The highest BCUT2D eigenvalue weighted by Crippen LogP contribution is 2.50. The summed E-state index contributed by atoms with van der Waals surface area (Å²) in [5, 5.41) is 3.24. The van der Waals surface area contributed by atoms with Crippen molar-refractivity contribution in [2.45, 2.75) is 51.7 Å². The molecule has 3 rings (SSSR count). The summed E-state index contributed by atoms with van der Waals surface area (Å²) in [6, 6.07) is 0.438. The number of hydrogen-bond donors (Lipinski definition) is 1. The minimum absolute atomic E-state index is 0.238. The Labute approximate surface area is 97.6 Å². The third-order valence-corrected chi connectivity index (χ3v) is 5.11. The Hall–Kier alpha value is -0.570. The molecule has 1 saturated heterocycles. The molecule has 1 N–H and O–H groups in total. The lowest BCUT2D eigenvalue weighted by Crippen LogP contribution is -2.46. The first-order chi connectivity index (χ1) is 7.66. The quantitative estimate of drug-likeness (QED) is 0.769. The van der Waals surface area contributed by atoms with Gasteiger partial charge < -0.3 is 4.90 Å². The maximum atomic E-state index is 11.9. The standard InChI is InChI=1S/C13H22N2O/c1-8(15-9(2)14-7-13(15)16)12-6-10-3-4-11(12)5-10/h8-12,14H,3-7H2,1-2H3. The fraction of sp³-hybridized carbons (Fsp3) is 0.923.